The normalized spacial score (nSPS) is 13.1. The second-order valence-corrected chi connectivity index (χ2v) is 3.80. The van der Waals surface area contributed by atoms with Gasteiger partial charge in [0.1, 0.15) is 0 Å². The maximum atomic E-state index is 11.6. The Hall–Kier alpha value is -3.01. The Morgan fingerprint density at radius 3 is 2.14 bits per heavy atom. The molecule has 0 saturated heterocycles. The number of esters is 2. The topological polar surface area (TPSA) is 144 Å². The molecule has 0 heterocycles. The van der Waals surface area contributed by atoms with E-state index in [1.54, 1.807) is 0 Å². The number of carbonyl (C=O) groups excluding carboxylic acids is 4. The summed E-state index contributed by atoms with van der Waals surface area (Å²) in [6.45, 7) is 2.65. The lowest BCUT2D eigenvalue weighted by Crippen LogP contribution is -2.29. The van der Waals surface area contributed by atoms with Crippen molar-refractivity contribution in [1.82, 2.24) is 0 Å². The lowest BCUT2D eigenvalue weighted by Gasteiger charge is -2.14. The van der Waals surface area contributed by atoms with E-state index in [1.165, 1.54) is 32.3 Å². The summed E-state index contributed by atoms with van der Waals surface area (Å²) in [6.07, 6.45) is -0.213. The molecule has 0 spiro atoms. The summed E-state index contributed by atoms with van der Waals surface area (Å²) in [5.74, 6) is -1.73. The third-order valence-corrected chi connectivity index (χ3v) is 2.13. The Balaban J connectivity index is 4.49. The number of rotatable bonds is 9. The zero-order chi connectivity index (χ0) is 17.0. The number of carbonyl (C=O) groups is 2. The summed E-state index contributed by atoms with van der Waals surface area (Å²) in [7, 11) is 0. The van der Waals surface area contributed by atoms with Gasteiger partial charge in [-0.1, -0.05) is 0 Å². The molecule has 118 valence electrons. The van der Waals surface area contributed by atoms with Crippen LogP contribution in [0.4, 0.5) is 0 Å². The van der Waals surface area contributed by atoms with Crippen molar-refractivity contribution in [2.45, 2.75) is 45.2 Å². The zero-order valence-corrected chi connectivity index (χ0v) is 11.8. The quantitative estimate of drug-likeness (QED) is 0.252. The molecular formula is C12H13N3O7. The highest BCUT2D eigenvalue weighted by atomic mass is 16.6. The summed E-state index contributed by atoms with van der Waals surface area (Å²) >= 11 is 0. The number of isocyanates is 2. The summed E-state index contributed by atoms with van der Waals surface area (Å²) in [5.41, 5.74) is 0. The van der Waals surface area contributed by atoms with Gasteiger partial charge in [-0.2, -0.15) is 15.2 Å². The monoisotopic (exact) mass is 311 g/mol. The van der Waals surface area contributed by atoms with Crippen LogP contribution in [-0.4, -0.2) is 42.7 Å². The van der Waals surface area contributed by atoms with Crippen LogP contribution in [0.25, 0.3) is 0 Å². The van der Waals surface area contributed by atoms with Crippen LogP contribution in [-0.2, 0) is 33.4 Å². The van der Waals surface area contributed by atoms with Crippen molar-refractivity contribution in [2.75, 3.05) is 0 Å². The molecule has 0 aliphatic rings. The lowest BCUT2D eigenvalue weighted by molar-refractivity contribution is -0.159. The van der Waals surface area contributed by atoms with E-state index in [0.29, 0.717) is 0 Å². The van der Waals surface area contributed by atoms with Crippen LogP contribution in [0.1, 0.15) is 26.7 Å². The van der Waals surface area contributed by atoms with Crippen LogP contribution in [0.15, 0.2) is 9.98 Å². The van der Waals surface area contributed by atoms with Gasteiger partial charge in [-0.15, -0.1) is 0 Å². The number of aliphatic imine (C=N–C) groups is 2. The van der Waals surface area contributed by atoms with E-state index in [4.69, 9.17) is 14.7 Å². The van der Waals surface area contributed by atoms with Crippen molar-refractivity contribution < 1.29 is 33.4 Å². The van der Waals surface area contributed by atoms with Gasteiger partial charge in [-0.25, -0.2) is 14.4 Å². The Bertz CT molecular complexity index is 529. The molecular weight excluding hydrogens is 298 g/mol. The van der Waals surface area contributed by atoms with Gasteiger partial charge in [-0.3, -0.25) is 4.79 Å². The summed E-state index contributed by atoms with van der Waals surface area (Å²) in [6, 6.07) is 0. The molecule has 0 aromatic heterocycles. The highest BCUT2D eigenvalue weighted by Crippen LogP contribution is 2.09. The minimum Gasteiger partial charge on any atom is -0.439 e. The average molecular weight is 311 g/mol. The minimum atomic E-state index is -1.35. The van der Waals surface area contributed by atoms with Crippen LogP contribution in [0.2, 0.25) is 0 Å². The largest absolute Gasteiger partial charge is 0.439 e. The van der Waals surface area contributed by atoms with Crippen LogP contribution >= 0.6 is 0 Å². The van der Waals surface area contributed by atoms with Gasteiger partial charge in [0.15, 0.2) is 0 Å². The molecule has 0 aliphatic carbocycles. The standard InChI is InChI=1S/C12H13N3O7/c1-8(14-6-16)21-11(18)4-3-10(20-5-13)12(19)22-9(2)15-7-17/h8-10H,3-4H2,1-2H3. The third kappa shape index (κ3) is 8.22. The van der Waals surface area contributed by atoms with Crippen molar-refractivity contribution in [1.29, 1.82) is 5.26 Å². The predicted octanol–water partition coefficient (Wildman–Crippen LogP) is 0.0829. The molecule has 0 aromatic rings. The fourth-order valence-electron chi connectivity index (χ4n) is 1.23. The maximum absolute atomic E-state index is 11.6. The van der Waals surface area contributed by atoms with E-state index in [-0.39, 0.29) is 12.8 Å². The number of nitrogens with zero attached hydrogens (tertiary/aromatic N) is 3. The molecule has 0 aromatic carbocycles. The first-order chi connectivity index (χ1) is 10.4. The van der Waals surface area contributed by atoms with Crippen LogP contribution in [0.3, 0.4) is 0 Å². The number of hydrogen-bond acceptors (Lipinski definition) is 10. The fourth-order valence-corrected chi connectivity index (χ4v) is 1.23. The first-order valence-electron chi connectivity index (χ1n) is 6.03. The Kier molecular flexibility index (Phi) is 9.27. The van der Waals surface area contributed by atoms with Crippen molar-refractivity contribution in [3.05, 3.63) is 0 Å². The molecule has 0 bridgehead atoms. The summed E-state index contributed by atoms with van der Waals surface area (Å²) in [5, 5.41) is 8.46. The Morgan fingerprint density at radius 2 is 1.64 bits per heavy atom. The number of ether oxygens (including phenoxy) is 3. The van der Waals surface area contributed by atoms with Crippen molar-refractivity contribution in [3.63, 3.8) is 0 Å². The van der Waals surface area contributed by atoms with Gasteiger partial charge in [-0.05, 0) is 13.8 Å². The predicted molar refractivity (Wildman–Crippen MR) is 67.1 cm³/mol. The van der Waals surface area contributed by atoms with E-state index in [0.717, 1.165) is 0 Å². The lowest BCUT2D eigenvalue weighted by atomic mass is 10.2. The average Bonchev–Trinajstić information content (AvgIpc) is 2.43. The molecule has 0 amide bonds. The number of nitriles is 1. The van der Waals surface area contributed by atoms with Crippen molar-refractivity contribution in [2.24, 2.45) is 9.98 Å². The smallest absolute Gasteiger partial charge is 0.350 e. The second kappa shape index (κ2) is 10.7. The van der Waals surface area contributed by atoms with Gasteiger partial charge in [0.05, 0.1) is 0 Å². The molecule has 0 rings (SSSR count). The summed E-state index contributed by atoms with van der Waals surface area (Å²) in [4.78, 5) is 49.3. The van der Waals surface area contributed by atoms with Gasteiger partial charge >= 0.3 is 11.9 Å². The zero-order valence-electron chi connectivity index (χ0n) is 11.8. The molecule has 10 heteroatoms. The fraction of sp³-hybridized carbons (Fsp3) is 0.583. The van der Waals surface area contributed by atoms with E-state index >= 15 is 0 Å². The molecule has 0 saturated carbocycles. The van der Waals surface area contributed by atoms with Crippen LogP contribution in [0.5, 0.6) is 0 Å². The Morgan fingerprint density at radius 1 is 1.09 bits per heavy atom. The molecule has 22 heavy (non-hydrogen) atoms. The van der Waals surface area contributed by atoms with Crippen molar-refractivity contribution >= 4 is 24.1 Å². The molecule has 0 radical (unpaired) electrons. The molecule has 3 unspecified atom stereocenters. The second-order valence-electron chi connectivity index (χ2n) is 3.80. The van der Waals surface area contributed by atoms with E-state index in [1.807, 2.05) is 0 Å². The van der Waals surface area contributed by atoms with Gasteiger partial charge < -0.3 is 14.2 Å². The molecule has 0 aliphatic heterocycles. The molecule has 10 nitrogen and oxygen atoms in total. The number of hydrogen-bond donors (Lipinski definition) is 0. The van der Waals surface area contributed by atoms with E-state index < -0.39 is 30.5 Å². The first-order valence-corrected chi connectivity index (χ1v) is 6.03. The highest BCUT2D eigenvalue weighted by Gasteiger charge is 2.25. The minimum absolute atomic E-state index is 0.208. The van der Waals surface area contributed by atoms with E-state index in [9.17, 15) is 19.2 Å². The van der Waals surface area contributed by atoms with Gasteiger partial charge in [0.25, 0.3) is 6.26 Å². The summed E-state index contributed by atoms with van der Waals surface area (Å²) < 4.78 is 13.9. The maximum Gasteiger partial charge on any atom is 0.350 e. The van der Waals surface area contributed by atoms with Crippen molar-refractivity contribution in [3.8, 4) is 6.26 Å². The highest BCUT2D eigenvalue weighted by molar-refractivity contribution is 5.76. The Labute approximate surface area is 125 Å². The SMILES string of the molecule is CC(N=C=O)OC(=O)CCC(OC#N)C(=O)OC(C)N=C=O. The van der Waals surface area contributed by atoms with Gasteiger partial charge in [0, 0.05) is 12.8 Å². The van der Waals surface area contributed by atoms with Gasteiger partial charge in [0.2, 0.25) is 30.7 Å². The third-order valence-electron chi connectivity index (χ3n) is 2.13. The molecule has 0 fully saturated rings. The van der Waals surface area contributed by atoms with Crippen LogP contribution < -0.4 is 0 Å². The first kappa shape index (κ1) is 19.0. The van der Waals surface area contributed by atoms with E-state index in [2.05, 4.69) is 14.7 Å². The molecule has 0 N–H and O–H groups in total. The molecule has 3 atom stereocenters. The van der Waals surface area contributed by atoms with Crippen LogP contribution in [0, 0.1) is 11.5 Å².